The van der Waals surface area contributed by atoms with E-state index in [-0.39, 0.29) is 6.03 Å². The molecular weight excluding hydrogens is 416 g/mol. The van der Waals surface area contributed by atoms with Crippen molar-refractivity contribution in [3.05, 3.63) is 66.0 Å². The summed E-state index contributed by atoms with van der Waals surface area (Å²) in [6, 6.07) is 15.6. The molecule has 1 aliphatic rings. The molecule has 33 heavy (non-hydrogen) atoms. The Bertz CT molecular complexity index is 1290. The van der Waals surface area contributed by atoms with Crippen LogP contribution in [-0.2, 0) is 4.74 Å². The summed E-state index contributed by atoms with van der Waals surface area (Å²) < 4.78 is 5.46. The molecule has 0 unspecified atom stereocenters. The van der Waals surface area contributed by atoms with Gasteiger partial charge in [-0.3, -0.25) is 5.10 Å². The van der Waals surface area contributed by atoms with Crippen molar-refractivity contribution < 1.29 is 9.53 Å². The molecule has 8 heteroatoms. The third-order valence-electron chi connectivity index (χ3n) is 5.84. The van der Waals surface area contributed by atoms with E-state index < -0.39 is 0 Å². The van der Waals surface area contributed by atoms with Crippen LogP contribution < -0.4 is 15.5 Å². The second-order valence-corrected chi connectivity index (χ2v) is 8.18. The van der Waals surface area contributed by atoms with Crippen LogP contribution in [0.3, 0.4) is 0 Å². The van der Waals surface area contributed by atoms with Gasteiger partial charge in [0.2, 0.25) is 0 Å². The maximum Gasteiger partial charge on any atom is 0.323 e. The van der Waals surface area contributed by atoms with Gasteiger partial charge in [-0.05, 0) is 60.9 Å². The van der Waals surface area contributed by atoms with Crippen LogP contribution in [0.15, 0.2) is 54.7 Å². The zero-order valence-electron chi connectivity index (χ0n) is 18.7. The van der Waals surface area contributed by atoms with Gasteiger partial charge in [-0.25, -0.2) is 9.78 Å². The van der Waals surface area contributed by atoms with Crippen molar-refractivity contribution in [2.75, 3.05) is 41.8 Å². The number of carbonyl (C=O) groups excluding carboxylic acids is 1. The molecule has 0 aliphatic carbocycles. The van der Waals surface area contributed by atoms with Gasteiger partial charge < -0.3 is 20.3 Å². The molecule has 2 amide bonds. The molecule has 2 aromatic carbocycles. The van der Waals surface area contributed by atoms with E-state index in [2.05, 4.69) is 42.8 Å². The monoisotopic (exact) mass is 442 g/mol. The van der Waals surface area contributed by atoms with Crippen molar-refractivity contribution in [2.24, 2.45) is 0 Å². The SMILES string of the molecule is Cc1ccc(N2CCOCC2)c(NC(=O)Nc2ccc(-c3ccnc4n[nH]c(C)c34)cc2)c1. The number of rotatable bonds is 4. The predicted octanol–water partition coefficient (Wildman–Crippen LogP) is 4.72. The minimum absolute atomic E-state index is 0.278. The molecule has 1 aliphatic heterocycles. The van der Waals surface area contributed by atoms with E-state index in [9.17, 15) is 4.79 Å². The lowest BCUT2D eigenvalue weighted by Gasteiger charge is -2.30. The molecule has 168 valence electrons. The smallest absolute Gasteiger partial charge is 0.323 e. The van der Waals surface area contributed by atoms with Crippen molar-refractivity contribution in [3.63, 3.8) is 0 Å². The van der Waals surface area contributed by atoms with E-state index in [1.807, 2.05) is 50.2 Å². The van der Waals surface area contributed by atoms with Crippen LogP contribution in [0.25, 0.3) is 22.2 Å². The summed E-state index contributed by atoms with van der Waals surface area (Å²) in [5.74, 6) is 0. The third-order valence-corrected chi connectivity index (χ3v) is 5.84. The molecule has 8 nitrogen and oxygen atoms in total. The molecule has 3 heterocycles. The van der Waals surface area contributed by atoms with Crippen LogP contribution in [-0.4, -0.2) is 47.5 Å². The van der Waals surface area contributed by atoms with Gasteiger partial charge in [0, 0.05) is 36.1 Å². The summed E-state index contributed by atoms with van der Waals surface area (Å²) in [7, 11) is 0. The third kappa shape index (κ3) is 4.38. The number of nitrogens with one attached hydrogen (secondary N) is 3. The van der Waals surface area contributed by atoms with Crippen LogP contribution in [0.2, 0.25) is 0 Å². The first kappa shape index (κ1) is 21.0. The summed E-state index contributed by atoms with van der Waals surface area (Å²) in [6.07, 6.45) is 1.76. The van der Waals surface area contributed by atoms with Crippen molar-refractivity contribution in [3.8, 4) is 11.1 Å². The number of urea groups is 1. The number of morpholine rings is 1. The molecular formula is C25H26N6O2. The van der Waals surface area contributed by atoms with Crippen LogP contribution in [0.4, 0.5) is 21.9 Å². The van der Waals surface area contributed by atoms with Gasteiger partial charge in [0.05, 0.1) is 24.6 Å². The van der Waals surface area contributed by atoms with Gasteiger partial charge in [-0.15, -0.1) is 0 Å². The molecule has 0 radical (unpaired) electrons. The lowest BCUT2D eigenvalue weighted by atomic mass is 10.0. The first-order valence-electron chi connectivity index (χ1n) is 11.0. The summed E-state index contributed by atoms with van der Waals surface area (Å²) in [5, 5.41) is 14.2. The van der Waals surface area contributed by atoms with Crippen molar-refractivity contribution >= 4 is 34.1 Å². The summed E-state index contributed by atoms with van der Waals surface area (Å²) in [5.41, 5.74) is 7.36. The molecule has 0 atom stereocenters. The number of aryl methyl sites for hydroxylation is 2. The minimum Gasteiger partial charge on any atom is -0.378 e. The molecule has 0 saturated carbocycles. The Hall–Kier alpha value is -3.91. The Morgan fingerprint density at radius 2 is 1.82 bits per heavy atom. The molecule has 1 fully saturated rings. The number of hydrogen-bond donors (Lipinski definition) is 3. The topological polar surface area (TPSA) is 95.2 Å². The molecule has 4 aromatic rings. The van der Waals surface area contributed by atoms with E-state index in [1.165, 1.54) is 0 Å². The first-order valence-corrected chi connectivity index (χ1v) is 11.0. The molecule has 0 spiro atoms. The zero-order valence-corrected chi connectivity index (χ0v) is 18.7. The standard InChI is InChI=1S/C25H26N6O2/c1-16-3-8-22(31-11-13-33-14-12-31)21(15-16)28-25(32)27-19-6-4-18(5-7-19)20-9-10-26-24-23(20)17(2)29-30-24/h3-10,15H,11-14H2,1-2H3,(H,26,29,30)(H2,27,28,32). The second-order valence-electron chi connectivity index (χ2n) is 8.18. The number of pyridine rings is 1. The number of fused-ring (bicyclic) bond motifs is 1. The maximum atomic E-state index is 12.8. The quantitative estimate of drug-likeness (QED) is 0.425. The van der Waals surface area contributed by atoms with Crippen molar-refractivity contribution in [2.45, 2.75) is 13.8 Å². The van der Waals surface area contributed by atoms with E-state index in [0.29, 0.717) is 24.5 Å². The normalized spacial score (nSPS) is 13.8. The predicted molar refractivity (Wildman–Crippen MR) is 131 cm³/mol. The van der Waals surface area contributed by atoms with E-state index in [0.717, 1.165) is 52.2 Å². The van der Waals surface area contributed by atoms with Crippen LogP contribution in [0.1, 0.15) is 11.3 Å². The Labute approximate surface area is 192 Å². The largest absolute Gasteiger partial charge is 0.378 e. The number of aromatic amines is 1. The summed E-state index contributed by atoms with van der Waals surface area (Å²) in [4.78, 5) is 19.3. The molecule has 0 bridgehead atoms. The van der Waals surface area contributed by atoms with Crippen LogP contribution in [0, 0.1) is 13.8 Å². The molecule has 3 N–H and O–H groups in total. The van der Waals surface area contributed by atoms with Gasteiger partial charge in [-0.1, -0.05) is 18.2 Å². The lowest BCUT2D eigenvalue weighted by Crippen LogP contribution is -2.37. The molecule has 2 aromatic heterocycles. The van der Waals surface area contributed by atoms with Crippen LogP contribution >= 0.6 is 0 Å². The number of aromatic nitrogens is 3. The van der Waals surface area contributed by atoms with Gasteiger partial charge >= 0.3 is 6.03 Å². The fourth-order valence-corrected chi connectivity index (χ4v) is 4.19. The summed E-state index contributed by atoms with van der Waals surface area (Å²) >= 11 is 0. The Balaban J connectivity index is 1.32. The van der Waals surface area contributed by atoms with Crippen LogP contribution in [0.5, 0.6) is 0 Å². The number of hydrogen-bond acceptors (Lipinski definition) is 5. The lowest BCUT2D eigenvalue weighted by molar-refractivity contribution is 0.123. The number of benzene rings is 2. The fraction of sp³-hybridized carbons (Fsp3) is 0.240. The minimum atomic E-state index is -0.278. The number of carbonyl (C=O) groups is 1. The highest BCUT2D eigenvalue weighted by molar-refractivity contribution is 6.02. The maximum absolute atomic E-state index is 12.8. The molecule has 1 saturated heterocycles. The number of nitrogens with zero attached hydrogens (tertiary/aromatic N) is 3. The Morgan fingerprint density at radius 3 is 2.61 bits per heavy atom. The van der Waals surface area contributed by atoms with E-state index in [1.54, 1.807) is 6.20 Å². The first-order chi connectivity index (χ1) is 16.1. The highest BCUT2D eigenvalue weighted by atomic mass is 16.5. The van der Waals surface area contributed by atoms with Crippen molar-refractivity contribution in [1.29, 1.82) is 0 Å². The summed E-state index contributed by atoms with van der Waals surface area (Å²) in [6.45, 7) is 6.99. The van der Waals surface area contributed by atoms with E-state index >= 15 is 0 Å². The Morgan fingerprint density at radius 1 is 1.03 bits per heavy atom. The fourth-order valence-electron chi connectivity index (χ4n) is 4.19. The van der Waals surface area contributed by atoms with Gasteiger partial charge in [0.25, 0.3) is 0 Å². The Kier molecular flexibility index (Phi) is 5.66. The second kappa shape index (κ2) is 8.91. The average molecular weight is 443 g/mol. The number of ether oxygens (including phenoxy) is 1. The van der Waals surface area contributed by atoms with E-state index in [4.69, 9.17) is 4.74 Å². The highest BCUT2D eigenvalue weighted by Gasteiger charge is 2.16. The number of H-pyrrole nitrogens is 1. The zero-order chi connectivity index (χ0) is 22.8. The highest BCUT2D eigenvalue weighted by Crippen LogP contribution is 2.30. The number of amides is 2. The van der Waals surface area contributed by atoms with Gasteiger partial charge in [0.15, 0.2) is 5.65 Å². The van der Waals surface area contributed by atoms with Crippen molar-refractivity contribution in [1.82, 2.24) is 15.2 Å². The van der Waals surface area contributed by atoms with Gasteiger partial charge in [-0.2, -0.15) is 5.10 Å². The average Bonchev–Trinajstić information content (AvgIpc) is 3.21. The molecule has 5 rings (SSSR count). The number of anilines is 3. The van der Waals surface area contributed by atoms with Gasteiger partial charge in [0.1, 0.15) is 0 Å².